The molecule has 280 valence electrons. The number of hydrogen-bond acceptors (Lipinski definition) is 8. The van der Waals surface area contributed by atoms with Gasteiger partial charge in [-0.1, -0.05) is 57.5 Å². The summed E-state index contributed by atoms with van der Waals surface area (Å²) >= 11 is 0. The Kier molecular flexibility index (Phi) is 15.6. The Morgan fingerprint density at radius 2 is 1.43 bits per heavy atom. The summed E-state index contributed by atoms with van der Waals surface area (Å²) in [5.41, 5.74) is 0.236. The Hall–Kier alpha value is -3.80. The maximum absolute atomic E-state index is 14.2. The smallest absolute Gasteiger partial charge is 0.253 e. The number of aliphatic hydroxyl groups excluding tert-OH is 1. The topological polar surface area (TPSA) is 179 Å². The van der Waals surface area contributed by atoms with E-state index in [2.05, 4.69) is 10.1 Å². The van der Waals surface area contributed by atoms with Gasteiger partial charge in [-0.25, -0.2) is 35.8 Å². The van der Waals surface area contributed by atoms with Crippen molar-refractivity contribution in [3.8, 4) is 0 Å². The number of rotatable bonds is 20. The molecule has 0 bridgehead atoms. The van der Waals surface area contributed by atoms with E-state index in [1.807, 2.05) is 20.8 Å². The number of carbonyl (C=O) groups is 2. The van der Waals surface area contributed by atoms with Crippen LogP contribution in [0.5, 0.6) is 0 Å². The number of amides is 2. The molecule has 0 spiro atoms. The summed E-state index contributed by atoms with van der Waals surface area (Å²) in [5, 5.41) is 20.8. The van der Waals surface area contributed by atoms with Gasteiger partial charge >= 0.3 is 0 Å². The highest BCUT2D eigenvalue weighted by Crippen LogP contribution is 2.19. The minimum Gasteiger partial charge on any atom is -0.390 e. The van der Waals surface area contributed by atoms with Crippen LogP contribution < -0.4 is 15.3 Å². The van der Waals surface area contributed by atoms with Crippen molar-refractivity contribution in [1.82, 2.24) is 20.1 Å². The van der Waals surface area contributed by atoms with E-state index in [0.29, 0.717) is 50.4 Å². The molecule has 2 unspecified atom stereocenters. The first-order valence-electron chi connectivity index (χ1n) is 16.7. The van der Waals surface area contributed by atoms with E-state index in [1.54, 1.807) is 30.3 Å². The predicted molar refractivity (Wildman–Crippen MR) is 190 cm³/mol. The van der Waals surface area contributed by atoms with E-state index < -0.39 is 60.5 Å². The van der Waals surface area contributed by atoms with Crippen molar-refractivity contribution in [3.05, 3.63) is 101 Å². The Morgan fingerprint density at radius 1 is 0.824 bits per heavy atom. The fourth-order valence-electron chi connectivity index (χ4n) is 5.47. The monoisotopic (exact) mass is 751 g/mol. The molecule has 51 heavy (non-hydrogen) atoms. The first kappa shape index (κ1) is 41.6. The summed E-state index contributed by atoms with van der Waals surface area (Å²) in [5.74, 6) is -3.56. The van der Waals surface area contributed by atoms with Gasteiger partial charge in [-0.05, 0) is 67.1 Å². The summed E-state index contributed by atoms with van der Waals surface area (Å²) in [7, 11) is -8.33. The lowest BCUT2D eigenvalue weighted by atomic mass is 9.99. The molecule has 0 heterocycles. The largest absolute Gasteiger partial charge is 0.390 e. The lowest BCUT2D eigenvalue weighted by molar-refractivity contribution is 0.0614. The molecule has 5 N–H and O–H groups in total. The summed E-state index contributed by atoms with van der Waals surface area (Å²) in [6.07, 6.45) is 0.657. The highest BCUT2D eigenvalue weighted by Gasteiger charge is 2.28. The van der Waals surface area contributed by atoms with Gasteiger partial charge in [0.25, 0.3) is 11.8 Å². The van der Waals surface area contributed by atoms with Crippen LogP contribution in [0.3, 0.4) is 0 Å². The summed E-state index contributed by atoms with van der Waals surface area (Å²) in [4.78, 5) is 30.8. The molecule has 2 amide bonds. The number of unbranched alkanes of at least 4 members (excludes halogenated alkanes) is 1. The van der Waals surface area contributed by atoms with Gasteiger partial charge in [0.15, 0.2) is 0 Å². The highest BCUT2D eigenvalue weighted by atomic mass is 32.2. The molecule has 0 aliphatic carbocycles. The number of nitrogens with one attached hydrogen (secondary N) is 2. The molecule has 16 heteroatoms. The van der Waals surface area contributed by atoms with Gasteiger partial charge in [0.05, 0.1) is 22.8 Å². The van der Waals surface area contributed by atoms with Gasteiger partial charge in [0.2, 0.25) is 20.0 Å². The molecule has 0 saturated carbocycles. The van der Waals surface area contributed by atoms with Crippen LogP contribution in [0, 0.1) is 11.6 Å². The number of sulfonamides is 2. The van der Waals surface area contributed by atoms with E-state index >= 15 is 0 Å². The number of aliphatic hydroxyl groups is 1. The van der Waals surface area contributed by atoms with E-state index in [0.717, 1.165) is 24.3 Å². The van der Waals surface area contributed by atoms with Crippen molar-refractivity contribution >= 4 is 31.9 Å². The maximum Gasteiger partial charge on any atom is 0.253 e. The minimum atomic E-state index is -4.39. The van der Waals surface area contributed by atoms with Crippen molar-refractivity contribution in [2.45, 2.75) is 75.7 Å². The number of nitrogens with two attached hydrogens (primary N) is 1. The SMILES string of the molecule is CCCCN(CC(O)C(Cc1cc(F)cc(F)c1)NC(=O)c1cc(C(=O)N(CCC)CCC)cc(S(N)(=O)=O)c1)NS(=O)(=O)Cc1ccccc1. The van der Waals surface area contributed by atoms with Crippen molar-refractivity contribution in [2.24, 2.45) is 5.14 Å². The van der Waals surface area contributed by atoms with Gasteiger partial charge in [-0.15, -0.1) is 4.83 Å². The molecule has 3 rings (SSSR count). The van der Waals surface area contributed by atoms with Crippen LogP contribution >= 0.6 is 0 Å². The zero-order valence-electron chi connectivity index (χ0n) is 29.0. The molecule has 3 aromatic carbocycles. The third kappa shape index (κ3) is 13.4. The Bertz CT molecular complexity index is 1820. The molecule has 0 aliphatic heterocycles. The molecular formula is C35H47F2N5O7S2. The second-order valence-corrected chi connectivity index (χ2v) is 15.6. The number of nitrogens with zero attached hydrogens (tertiary/aromatic N) is 2. The molecule has 0 aliphatic rings. The lowest BCUT2D eigenvalue weighted by Crippen LogP contribution is -2.53. The number of benzene rings is 3. The normalized spacial score (nSPS) is 13.2. The van der Waals surface area contributed by atoms with Crippen LogP contribution in [-0.4, -0.2) is 82.0 Å². The molecule has 0 saturated heterocycles. The van der Waals surface area contributed by atoms with Gasteiger partial charge in [0.1, 0.15) is 11.6 Å². The minimum absolute atomic E-state index is 0.0746. The number of halogens is 2. The molecule has 12 nitrogen and oxygen atoms in total. The number of carbonyl (C=O) groups excluding carboxylic acids is 2. The molecule has 0 radical (unpaired) electrons. The van der Waals surface area contributed by atoms with Gasteiger partial charge in [-0.2, -0.15) is 0 Å². The maximum atomic E-state index is 14.2. The van der Waals surface area contributed by atoms with Crippen molar-refractivity contribution in [1.29, 1.82) is 0 Å². The van der Waals surface area contributed by atoms with Crippen LogP contribution in [0.15, 0.2) is 71.6 Å². The fourth-order valence-corrected chi connectivity index (χ4v) is 7.31. The van der Waals surface area contributed by atoms with Crippen molar-refractivity contribution < 1.29 is 40.3 Å². The average Bonchev–Trinajstić information content (AvgIpc) is 3.05. The molecular weight excluding hydrogens is 705 g/mol. The van der Waals surface area contributed by atoms with Crippen molar-refractivity contribution in [3.63, 3.8) is 0 Å². The first-order valence-corrected chi connectivity index (χ1v) is 19.9. The summed E-state index contributed by atoms with van der Waals surface area (Å²) in [6.45, 7) is 6.26. The first-order chi connectivity index (χ1) is 24.0. The molecule has 0 fully saturated rings. The van der Waals surface area contributed by atoms with Crippen LogP contribution in [0.1, 0.15) is 78.3 Å². The third-order valence-electron chi connectivity index (χ3n) is 7.83. The number of hydrazine groups is 1. The molecule has 0 aromatic heterocycles. The van der Waals surface area contributed by atoms with Crippen LogP contribution in [0.2, 0.25) is 0 Å². The van der Waals surface area contributed by atoms with Gasteiger partial charge in [0, 0.05) is 43.4 Å². The lowest BCUT2D eigenvalue weighted by Gasteiger charge is -2.30. The number of hydrogen-bond donors (Lipinski definition) is 4. The van der Waals surface area contributed by atoms with Gasteiger partial charge < -0.3 is 15.3 Å². The van der Waals surface area contributed by atoms with Crippen molar-refractivity contribution in [2.75, 3.05) is 26.2 Å². The fraction of sp³-hybridized carbons (Fsp3) is 0.429. The van der Waals surface area contributed by atoms with Crippen LogP contribution in [0.4, 0.5) is 8.78 Å². The van der Waals surface area contributed by atoms with E-state index in [-0.39, 0.29) is 42.0 Å². The summed E-state index contributed by atoms with van der Waals surface area (Å²) in [6, 6.07) is 13.2. The van der Waals surface area contributed by atoms with Gasteiger partial charge in [-0.3, -0.25) is 9.59 Å². The Balaban J connectivity index is 1.99. The molecule has 2 atom stereocenters. The zero-order chi connectivity index (χ0) is 37.8. The van der Waals surface area contributed by atoms with E-state index in [1.165, 1.54) is 16.0 Å². The Morgan fingerprint density at radius 3 is 2.00 bits per heavy atom. The summed E-state index contributed by atoms with van der Waals surface area (Å²) < 4.78 is 79.4. The van der Waals surface area contributed by atoms with Crippen LogP contribution in [-0.2, 0) is 32.2 Å². The van der Waals surface area contributed by atoms with Crippen LogP contribution in [0.25, 0.3) is 0 Å². The molecule has 3 aromatic rings. The second-order valence-electron chi connectivity index (χ2n) is 12.3. The average molecular weight is 752 g/mol. The number of primary sulfonamides is 1. The van der Waals surface area contributed by atoms with E-state index in [9.17, 15) is 40.3 Å². The highest BCUT2D eigenvalue weighted by molar-refractivity contribution is 7.89. The van der Waals surface area contributed by atoms with E-state index in [4.69, 9.17) is 5.14 Å². The second kappa shape index (κ2) is 19.2. The quantitative estimate of drug-likeness (QED) is 0.126. The third-order valence-corrected chi connectivity index (χ3v) is 9.98. The zero-order valence-corrected chi connectivity index (χ0v) is 30.7. The predicted octanol–water partition coefficient (Wildman–Crippen LogP) is 3.71. The Labute approximate surface area is 299 Å². The standard InChI is InChI=1S/C35H47F2N5O7S2/c1-4-7-15-42(40-50(46,47)24-25-11-9-8-10-12-25)23-33(43)32(18-26-16-29(36)22-30(37)17-26)39-34(44)27-19-28(21-31(20-27)51(38,48)49)35(45)41(13-5-2)14-6-3/h8-12,16-17,19-22,32-33,40,43H,4-7,13-15,18,23-24H2,1-3H3,(H,39,44)(H2,38,48,49).